The Labute approximate surface area is 82.4 Å². The summed E-state index contributed by atoms with van der Waals surface area (Å²) in [4.78, 5) is 10.1. The van der Waals surface area contributed by atoms with Crippen LogP contribution in [0, 0.1) is 0 Å². The molecule has 0 aliphatic heterocycles. The van der Waals surface area contributed by atoms with Crippen molar-refractivity contribution in [2.75, 3.05) is 0 Å². The average Bonchev–Trinajstić information content (AvgIpc) is 1.87. The van der Waals surface area contributed by atoms with Crippen LogP contribution < -0.4 is 0 Å². The Kier molecular flexibility index (Phi) is 6.91. The van der Waals surface area contributed by atoms with Crippen molar-refractivity contribution >= 4 is 28.9 Å². The summed E-state index contributed by atoms with van der Waals surface area (Å²) in [5.74, 6) is 0. The Morgan fingerprint density at radius 2 is 2.18 bits per heavy atom. The van der Waals surface area contributed by atoms with Gasteiger partial charge in [0.15, 0.2) is 0 Å². The summed E-state index contributed by atoms with van der Waals surface area (Å²) >= 11 is 2.33. The first-order valence-electron chi connectivity index (χ1n) is 3.88. The average molecular weight is 266 g/mol. The molecule has 1 atom stereocenters. The van der Waals surface area contributed by atoms with E-state index in [1.54, 1.807) is 0 Å². The highest BCUT2D eigenvalue weighted by molar-refractivity contribution is 14.1. The van der Waals surface area contributed by atoms with Crippen LogP contribution in [0.4, 0.5) is 0 Å². The molecule has 0 unspecified atom stereocenters. The van der Waals surface area contributed by atoms with E-state index in [0.29, 0.717) is 10.3 Å². The van der Waals surface area contributed by atoms with Gasteiger partial charge in [0.2, 0.25) is 0 Å². The minimum absolute atomic E-state index is 0.515. The van der Waals surface area contributed by atoms with Crippen LogP contribution in [0.3, 0.4) is 0 Å². The van der Waals surface area contributed by atoms with Gasteiger partial charge in [-0.25, -0.2) is 0 Å². The molecule has 0 saturated heterocycles. The summed E-state index contributed by atoms with van der Waals surface area (Å²) in [6.45, 7) is 4.20. The highest BCUT2D eigenvalue weighted by Crippen LogP contribution is 2.12. The molecule has 0 saturated carbocycles. The fourth-order valence-electron chi connectivity index (χ4n) is 0.775. The highest BCUT2D eigenvalue weighted by Gasteiger charge is 2.00. The Morgan fingerprint density at radius 3 is 2.64 bits per heavy atom. The number of aldehydes is 1. The summed E-state index contributed by atoms with van der Waals surface area (Å²) < 4.78 is 0.515. The quantitative estimate of drug-likeness (QED) is 0.323. The van der Waals surface area contributed by atoms with Gasteiger partial charge in [0.1, 0.15) is 6.29 Å². The second kappa shape index (κ2) is 6.83. The van der Waals surface area contributed by atoms with Gasteiger partial charge in [-0.1, -0.05) is 34.2 Å². The van der Waals surface area contributed by atoms with Crippen molar-refractivity contribution in [1.29, 1.82) is 0 Å². The molecule has 0 radical (unpaired) electrons. The predicted molar refractivity (Wildman–Crippen MR) is 57.2 cm³/mol. The first-order chi connectivity index (χ1) is 5.16. The van der Waals surface area contributed by atoms with E-state index in [0.717, 1.165) is 19.1 Å². The van der Waals surface area contributed by atoms with E-state index in [-0.39, 0.29) is 0 Å². The lowest BCUT2D eigenvalue weighted by Gasteiger charge is -2.01. The van der Waals surface area contributed by atoms with Crippen molar-refractivity contribution in [3.8, 4) is 0 Å². The van der Waals surface area contributed by atoms with Gasteiger partial charge in [-0.15, -0.1) is 0 Å². The van der Waals surface area contributed by atoms with Gasteiger partial charge in [0.05, 0.1) is 0 Å². The molecule has 0 aliphatic carbocycles. The maximum Gasteiger partial charge on any atom is 0.121 e. The van der Waals surface area contributed by atoms with Gasteiger partial charge in [-0.05, 0) is 26.7 Å². The zero-order chi connectivity index (χ0) is 8.69. The van der Waals surface area contributed by atoms with Crippen molar-refractivity contribution < 1.29 is 4.79 Å². The molecule has 0 heterocycles. The minimum Gasteiger partial charge on any atom is -0.303 e. The maximum atomic E-state index is 10.1. The summed E-state index contributed by atoms with van der Waals surface area (Å²) in [7, 11) is 0. The standard InChI is InChI=1S/C9H15IO/c1-8(2)4-3-5-9(10)6-7-11/h4,7,9H,3,5-6H2,1-2H3/t9-/m1/s1. The number of rotatable bonds is 5. The fourth-order valence-corrected chi connectivity index (χ4v) is 1.34. The van der Waals surface area contributed by atoms with Crippen LogP contribution in [0.1, 0.15) is 33.1 Å². The number of hydrogen-bond acceptors (Lipinski definition) is 1. The zero-order valence-electron chi connectivity index (χ0n) is 7.14. The molecule has 0 aromatic carbocycles. The second-order valence-corrected chi connectivity index (χ2v) is 4.62. The van der Waals surface area contributed by atoms with E-state index in [4.69, 9.17) is 0 Å². The molecule has 0 bridgehead atoms. The summed E-state index contributed by atoms with van der Waals surface area (Å²) in [6, 6.07) is 0. The van der Waals surface area contributed by atoms with E-state index >= 15 is 0 Å². The largest absolute Gasteiger partial charge is 0.303 e. The third kappa shape index (κ3) is 8.04. The number of hydrogen-bond donors (Lipinski definition) is 0. The molecule has 11 heavy (non-hydrogen) atoms. The molecule has 0 N–H and O–H groups in total. The van der Waals surface area contributed by atoms with Crippen molar-refractivity contribution in [3.05, 3.63) is 11.6 Å². The first-order valence-corrected chi connectivity index (χ1v) is 5.12. The number of allylic oxidation sites excluding steroid dienone is 2. The van der Waals surface area contributed by atoms with Gasteiger partial charge in [0, 0.05) is 10.3 Å². The topological polar surface area (TPSA) is 17.1 Å². The second-order valence-electron chi connectivity index (χ2n) is 2.86. The van der Waals surface area contributed by atoms with E-state index < -0.39 is 0 Å². The normalized spacial score (nSPS) is 12.3. The van der Waals surface area contributed by atoms with Gasteiger partial charge in [-0.3, -0.25) is 0 Å². The molecular weight excluding hydrogens is 251 g/mol. The van der Waals surface area contributed by atoms with Gasteiger partial charge < -0.3 is 4.79 Å². The third-order valence-electron chi connectivity index (χ3n) is 1.38. The third-order valence-corrected chi connectivity index (χ3v) is 2.52. The fraction of sp³-hybridized carbons (Fsp3) is 0.667. The molecule has 0 amide bonds. The lowest BCUT2D eigenvalue weighted by molar-refractivity contribution is -0.107. The molecule has 0 aromatic heterocycles. The molecule has 0 rings (SSSR count). The smallest absolute Gasteiger partial charge is 0.121 e. The van der Waals surface area contributed by atoms with Gasteiger partial charge >= 0.3 is 0 Å². The Morgan fingerprint density at radius 1 is 1.55 bits per heavy atom. The lowest BCUT2D eigenvalue weighted by atomic mass is 10.1. The Balaban J connectivity index is 3.38. The summed E-state index contributed by atoms with van der Waals surface area (Å²) in [6.07, 6.45) is 6.13. The van der Waals surface area contributed by atoms with E-state index in [1.165, 1.54) is 5.57 Å². The maximum absolute atomic E-state index is 10.1. The predicted octanol–water partition coefficient (Wildman–Crippen LogP) is 3.13. The van der Waals surface area contributed by atoms with E-state index in [1.807, 2.05) is 0 Å². The monoisotopic (exact) mass is 266 g/mol. The summed E-state index contributed by atoms with van der Waals surface area (Å²) in [5.41, 5.74) is 1.36. The molecule has 0 fully saturated rings. The van der Waals surface area contributed by atoms with Gasteiger partial charge in [0.25, 0.3) is 0 Å². The van der Waals surface area contributed by atoms with Crippen LogP contribution in [0.15, 0.2) is 11.6 Å². The van der Waals surface area contributed by atoms with Crippen LogP contribution in [0.25, 0.3) is 0 Å². The SMILES string of the molecule is CC(C)=CCC[C@@H](I)CC=O. The van der Waals surface area contributed by atoms with E-state index in [2.05, 4.69) is 42.5 Å². The van der Waals surface area contributed by atoms with Crippen molar-refractivity contribution in [3.63, 3.8) is 0 Å². The van der Waals surface area contributed by atoms with Crippen molar-refractivity contribution in [2.24, 2.45) is 0 Å². The van der Waals surface area contributed by atoms with Crippen LogP contribution in [-0.2, 0) is 4.79 Å². The van der Waals surface area contributed by atoms with Crippen LogP contribution in [0.5, 0.6) is 0 Å². The van der Waals surface area contributed by atoms with E-state index in [9.17, 15) is 4.79 Å². The zero-order valence-corrected chi connectivity index (χ0v) is 9.30. The van der Waals surface area contributed by atoms with Crippen molar-refractivity contribution in [1.82, 2.24) is 0 Å². The summed E-state index contributed by atoms with van der Waals surface area (Å²) in [5, 5.41) is 0. The molecule has 0 aliphatic rings. The number of carbonyl (C=O) groups excluding carboxylic acids is 1. The molecule has 0 aromatic rings. The van der Waals surface area contributed by atoms with Crippen LogP contribution in [0.2, 0.25) is 0 Å². The molecule has 0 spiro atoms. The highest BCUT2D eigenvalue weighted by atomic mass is 127. The number of alkyl halides is 1. The minimum atomic E-state index is 0.515. The Bertz CT molecular complexity index is 136. The lowest BCUT2D eigenvalue weighted by Crippen LogP contribution is -1.96. The van der Waals surface area contributed by atoms with Crippen molar-refractivity contribution in [2.45, 2.75) is 37.0 Å². The first kappa shape index (κ1) is 11.1. The van der Waals surface area contributed by atoms with Crippen LogP contribution in [-0.4, -0.2) is 10.2 Å². The van der Waals surface area contributed by atoms with Gasteiger partial charge in [-0.2, -0.15) is 0 Å². The molecule has 1 nitrogen and oxygen atoms in total. The molecular formula is C9H15IO. The number of carbonyl (C=O) groups is 1. The number of halogens is 1. The van der Waals surface area contributed by atoms with Crippen LogP contribution >= 0.6 is 22.6 Å². The Hall–Kier alpha value is 0.140. The molecule has 64 valence electrons. The molecule has 2 heteroatoms.